The Morgan fingerprint density at radius 2 is 1.96 bits per heavy atom. The molecule has 1 aliphatic heterocycles. The Balaban J connectivity index is 1.89. The Morgan fingerprint density at radius 1 is 1.15 bits per heavy atom. The molecule has 27 heavy (non-hydrogen) atoms. The number of unbranched alkanes of at least 4 members (excludes halogenated alkanes) is 1. The third kappa shape index (κ3) is 2.83. The van der Waals surface area contributed by atoms with E-state index in [2.05, 4.69) is 17.1 Å². The fourth-order valence-electron chi connectivity index (χ4n) is 3.68. The van der Waals surface area contributed by atoms with E-state index < -0.39 is 0 Å². The van der Waals surface area contributed by atoms with Crippen LogP contribution in [0.15, 0.2) is 48.5 Å². The van der Waals surface area contributed by atoms with Gasteiger partial charge in [-0.05, 0) is 36.2 Å². The number of aromatic amines is 1. The van der Waals surface area contributed by atoms with Crippen LogP contribution in [0.1, 0.15) is 47.4 Å². The minimum atomic E-state index is -0.362. The molecule has 6 heteroatoms. The van der Waals surface area contributed by atoms with Gasteiger partial charge in [-0.2, -0.15) is 5.10 Å². The van der Waals surface area contributed by atoms with Gasteiger partial charge in [-0.25, -0.2) is 0 Å². The van der Waals surface area contributed by atoms with Crippen LogP contribution in [0.4, 0.5) is 0 Å². The molecule has 0 aliphatic carbocycles. The lowest BCUT2D eigenvalue weighted by atomic mass is 9.95. The van der Waals surface area contributed by atoms with Crippen LogP contribution in [-0.4, -0.2) is 37.8 Å². The van der Waals surface area contributed by atoms with Crippen molar-refractivity contribution in [3.63, 3.8) is 0 Å². The van der Waals surface area contributed by atoms with E-state index in [-0.39, 0.29) is 23.4 Å². The first-order chi connectivity index (χ1) is 13.1. The normalized spacial score (nSPS) is 16.0. The number of hydrogen-bond acceptors (Lipinski definition) is 4. The van der Waals surface area contributed by atoms with Crippen LogP contribution in [0.25, 0.3) is 11.3 Å². The number of nitrogens with one attached hydrogen (secondary N) is 1. The summed E-state index contributed by atoms with van der Waals surface area (Å²) in [5.41, 5.74) is 3.13. The van der Waals surface area contributed by atoms with Gasteiger partial charge in [-0.1, -0.05) is 37.6 Å². The van der Waals surface area contributed by atoms with Gasteiger partial charge >= 0.3 is 0 Å². The number of hydrogen-bond donors (Lipinski definition) is 3. The molecular formula is C21H21N3O3. The molecule has 0 bridgehead atoms. The molecular weight excluding hydrogens is 342 g/mol. The molecule has 1 atom stereocenters. The Bertz CT molecular complexity index is 996. The summed E-state index contributed by atoms with van der Waals surface area (Å²) in [4.78, 5) is 14.8. The Morgan fingerprint density at radius 3 is 2.70 bits per heavy atom. The van der Waals surface area contributed by atoms with E-state index in [9.17, 15) is 15.0 Å². The average Bonchev–Trinajstić information content (AvgIpc) is 3.20. The second kappa shape index (κ2) is 6.79. The minimum absolute atomic E-state index is 0.110. The van der Waals surface area contributed by atoms with E-state index in [1.807, 2.05) is 17.0 Å². The van der Waals surface area contributed by atoms with Crippen molar-refractivity contribution in [2.75, 3.05) is 6.54 Å². The second-order valence-electron chi connectivity index (χ2n) is 6.73. The van der Waals surface area contributed by atoms with Gasteiger partial charge in [0.1, 0.15) is 22.9 Å². The summed E-state index contributed by atoms with van der Waals surface area (Å²) in [7, 11) is 0. The van der Waals surface area contributed by atoms with Gasteiger partial charge in [0.25, 0.3) is 5.91 Å². The molecule has 3 N–H and O–H groups in total. The first-order valence-corrected chi connectivity index (χ1v) is 9.08. The summed E-state index contributed by atoms with van der Waals surface area (Å²) >= 11 is 0. The SMILES string of the molecule is CCCCN1C(=O)c2[nH]nc(-c3ccccc3O)c2C1c1cccc(O)c1. The Kier molecular flexibility index (Phi) is 4.32. The van der Waals surface area contributed by atoms with Gasteiger partial charge in [0, 0.05) is 17.7 Å². The van der Waals surface area contributed by atoms with Crippen LogP contribution in [0, 0.1) is 0 Å². The van der Waals surface area contributed by atoms with Crippen molar-refractivity contribution in [3.05, 3.63) is 65.4 Å². The quantitative estimate of drug-likeness (QED) is 0.643. The molecule has 1 amide bonds. The number of para-hydroxylation sites is 1. The fourth-order valence-corrected chi connectivity index (χ4v) is 3.68. The lowest BCUT2D eigenvalue weighted by Crippen LogP contribution is -2.30. The zero-order chi connectivity index (χ0) is 19.0. The molecule has 0 saturated heterocycles. The van der Waals surface area contributed by atoms with E-state index in [4.69, 9.17) is 0 Å². The highest BCUT2D eigenvalue weighted by atomic mass is 16.3. The number of rotatable bonds is 5. The monoisotopic (exact) mass is 363 g/mol. The molecule has 0 spiro atoms. The second-order valence-corrected chi connectivity index (χ2v) is 6.73. The van der Waals surface area contributed by atoms with Crippen molar-refractivity contribution in [1.82, 2.24) is 15.1 Å². The smallest absolute Gasteiger partial charge is 0.273 e. The number of aromatic hydroxyl groups is 2. The number of phenols is 2. The number of carbonyl (C=O) groups excluding carboxylic acids is 1. The van der Waals surface area contributed by atoms with Crippen LogP contribution >= 0.6 is 0 Å². The third-order valence-electron chi connectivity index (χ3n) is 4.96. The maximum atomic E-state index is 13.0. The summed E-state index contributed by atoms with van der Waals surface area (Å²) in [6.07, 6.45) is 1.85. The lowest BCUT2D eigenvalue weighted by Gasteiger charge is -2.26. The minimum Gasteiger partial charge on any atom is -0.508 e. The molecule has 2 heterocycles. The highest BCUT2D eigenvalue weighted by molar-refractivity contribution is 6.00. The molecule has 0 fully saturated rings. The Labute approximate surface area is 157 Å². The molecule has 6 nitrogen and oxygen atoms in total. The summed E-state index contributed by atoms with van der Waals surface area (Å²) in [5.74, 6) is 0.151. The predicted molar refractivity (Wildman–Crippen MR) is 102 cm³/mol. The van der Waals surface area contributed by atoms with Crippen LogP contribution in [0.3, 0.4) is 0 Å². The average molecular weight is 363 g/mol. The maximum absolute atomic E-state index is 13.0. The number of nitrogens with zero attached hydrogens (tertiary/aromatic N) is 2. The van der Waals surface area contributed by atoms with E-state index in [1.54, 1.807) is 36.4 Å². The van der Waals surface area contributed by atoms with Crippen molar-refractivity contribution in [1.29, 1.82) is 0 Å². The first kappa shape index (κ1) is 17.1. The van der Waals surface area contributed by atoms with Gasteiger partial charge in [0.15, 0.2) is 0 Å². The van der Waals surface area contributed by atoms with Gasteiger partial charge in [0.05, 0.1) is 6.04 Å². The molecule has 3 aromatic rings. The largest absolute Gasteiger partial charge is 0.508 e. The van der Waals surface area contributed by atoms with Gasteiger partial charge in [-0.15, -0.1) is 0 Å². The van der Waals surface area contributed by atoms with E-state index in [1.165, 1.54) is 0 Å². The zero-order valence-corrected chi connectivity index (χ0v) is 15.0. The van der Waals surface area contributed by atoms with Gasteiger partial charge in [-0.3, -0.25) is 9.89 Å². The number of aromatic nitrogens is 2. The summed E-state index contributed by atoms with van der Waals surface area (Å²) < 4.78 is 0. The number of amides is 1. The topological polar surface area (TPSA) is 89.5 Å². The predicted octanol–water partition coefficient (Wildman–Crippen LogP) is 3.83. The number of H-pyrrole nitrogens is 1. The third-order valence-corrected chi connectivity index (χ3v) is 4.96. The molecule has 0 radical (unpaired) electrons. The fraction of sp³-hybridized carbons (Fsp3) is 0.238. The maximum Gasteiger partial charge on any atom is 0.273 e. The lowest BCUT2D eigenvalue weighted by molar-refractivity contribution is 0.0741. The molecule has 4 rings (SSSR count). The van der Waals surface area contributed by atoms with E-state index >= 15 is 0 Å². The van der Waals surface area contributed by atoms with Crippen molar-refractivity contribution < 1.29 is 15.0 Å². The van der Waals surface area contributed by atoms with Crippen LogP contribution in [0.2, 0.25) is 0 Å². The Hall–Kier alpha value is -3.28. The number of carbonyl (C=O) groups is 1. The molecule has 1 unspecified atom stereocenters. The van der Waals surface area contributed by atoms with Gasteiger partial charge in [0.2, 0.25) is 0 Å². The molecule has 0 saturated carbocycles. The standard InChI is InChI=1S/C21H21N3O3/c1-2-3-11-24-20(13-7-6-8-14(25)12-13)17-18(22-23-19(17)21(24)27)15-9-4-5-10-16(15)26/h4-10,12,20,25-26H,2-3,11H2,1H3,(H,22,23). The van der Waals surface area contributed by atoms with E-state index in [0.717, 1.165) is 24.0 Å². The zero-order valence-electron chi connectivity index (χ0n) is 15.0. The summed E-state index contributed by atoms with van der Waals surface area (Å²) in [5, 5.41) is 27.5. The van der Waals surface area contributed by atoms with Crippen molar-refractivity contribution in [2.24, 2.45) is 0 Å². The highest BCUT2D eigenvalue weighted by Gasteiger charge is 2.42. The van der Waals surface area contributed by atoms with Gasteiger partial charge < -0.3 is 15.1 Å². The first-order valence-electron chi connectivity index (χ1n) is 9.08. The van der Waals surface area contributed by atoms with Crippen LogP contribution in [0.5, 0.6) is 11.5 Å². The molecule has 1 aliphatic rings. The molecule has 138 valence electrons. The van der Waals surface area contributed by atoms with Crippen LogP contribution < -0.4 is 0 Å². The highest BCUT2D eigenvalue weighted by Crippen LogP contribution is 2.44. The number of benzene rings is 2. The van der Waals surface area contributed by atoms with Crippen molar-refractivity contribution in [2.45, 2.75) is 25.8 Å². The number of fused-ring (bicyclic) bond motifs is 1. The molecule has 1 aromatic heterocycles. The molecule has 2 aromatic carbocycles. The van der Waals surface area contributed by atoms with Crippen molar-refractivity contribution in [3.8, 4) is 22.8 Å². The van der Waals surface area contributed by atoms with Crippen molar-refractivity contribution >= 4 is 5.91 Å². The summed E-state index contributed by atoms with van der Waals surface area (Å²) in [6, 6.07) is 13.5. The van der Waals surface area contributed by atoms with Crippen LogP contribution in [-0.2, 0) is 0 Å². The summed E-state index contributed by atoms with van der Waals surface area (Å²) in [6.45, 7) is 2.69. The number of phenolic OH excluding ortho intramolecular Hbond substituents is 2. The van der Waals surface area contributed by atoms with E-state index in [0.29, 0.717) is 23.5 Å².